The van der Waals surface area contributed by atoms with Crippen LogP contribution in [0.5, 0.6) is 0 Å². The Balaban J connectivity index is 0.000000233. The first kappa shape index (κ1) is 26.3. The van der Waals surface area contributed by atoms with E-state index < -0.39 is 0 Å². The van der Waals surface area contributed by atoms with Crippen LogP contribution in [0.4, 0.5) is 0 Å². The topological polar surface area (TPSA) is 109 Å². The summed E-state index contributed by atoms with van der Waals surface area (Å²) in [5, 5.41) is 13.6. The molecule has 4 heterocycles. The standard InChI is InChI=1S/C8H6N4.2C7H12N2.Pt/c1-3-9-7(10-4-1)8-11-5-2-6-12-8;2*1-7(2,3)6-4-5-8-9-6;/h1-6H;2*4-5H,1-3H3,(H,8,9);. The fourth-order valence-corrected chi connectivity index (χ4v) is 2.18. The second-order valence-electron chi connectivity index (χ2n) is 8.59. The van der Waals surface area contributed by atoms with Gasteiger partial charge in [-0.05, 0) is 24.3 Å². The van der Waals surface area contributed by atoms with Gasteiger partial charge in [-0.2, -0.15) is 10.2 Å². The SMILES string of the molecule is CC(C)(C)c1ccn[nH]1.CC(C)(C)c1ccn[nH]1.[Pt].c1cnc(-c2ncccn2)nc1. The second-order valence-corrected chi connectivity index (χ2v) is 8.59. The number of nitrogens with zero attached hydrogens (tertiary/aromatic N) is 6. The molecule has 0 saturated heterocycles. The van der Waals surface area contributed by atoms with Crippen molar-refractivity contribution in [3.63, 3.8) is 0 Å². The third-order valence-corrected chi connectivity index (χ3v) is 3.95. The predicted octanol–water partition coefficient (Wildman–Crippen LogP) is 4.35. The Morgan fingerprint density at radius 1 is 0.548 bits per heavy atom. The molecule has 0 aliphatic carbocycles. The third-order valence-electron chi connectivity index (χ3n) is 3.95. The van der Waals surface area contributed by atoms with Gasteiger partial charge >= 0.3 is 0 Å². The van der Waals surface area contributed by atoms with E-state index in [1.165, 1.54) is 11.4 Å². The van der Waals surface area contributed by atoms with Crippen molar-refractivity contribution in [2.24, 2.45) is 0 Å². The quantitative estimate of drug-likeness (QED) is 0.336. The minimum atomic E-state index is 0. The summed E-state index contributed by atoms with van der Waals surface area (Å²) in [5.41, 5.74) is 2.78. The molecule has 0 bridgehead atoms. The van der Waals surface area contributed by atoms with Crippen molar-refractivity contribution < 1.29 is 21.1 Å². The smallest absolute Gasteiger partial charge is 0.197 e. The fraction of sp³-hybridized carbons (Fsp3) is 0.364. The van der Waals surface area contributed by atoms with Crippen molar-refractivity contribution in [1.29, 1.82) is 0 Å². The zero-order valence-electron chi connectivity index (χ0n) is 18.8. The molecule has 0 atom stereocenters. The molecule has 4 aromatic heterocycles. The van der Waals surface area contributed by atoms with Crippen LogP contribution < -0.4 is 0 Å². The Hall–Kier alpha value is -2.73. The van der Waals surface area contributed by atoms with E-state index in [1.807, 2.05) is 12.1 Å². The molecule has 0 amide bonds. The molecule has 8 nitrogen and oxygen atoms in total. The zero-order chi connectivity index (χ0) is 22.0. The molecule has 0 unspecified atom stereocenters. The van der Waals surface area contributed by atoms with Crippen LogP contribution in [0.15, 0.2) is 61.4 Å². The minimum absolute atomic E-state index is 0. The third kappa shape index (κ3) is 9.30. The van der Waals surface area contributed by atoms with Crippen LogP contribution in [0.2, 0.25) is 0 Å². The summed E-state index contributed by atoms with van der Waals surface area (Å²) in [6.45, 7) is 12.9. The molecular formula is C22H30N8Pt. The van der Waals surface area contributed by atoms with Crippen molar-refractivity contribution in [3.8, 4) is 11.6 Å². The normalized spacial score (nSPS) is 10.6. The van der Waals surface area contributed by atoms with E-state index in [9.17, 15) is 0 Å². The number of hydrogen-bond acceptors (Lipinski definition) is 6. The van der Waals surface area contributed by atoms with Crippen molar-refractivity contribution >= 4 is 0 Å². The van der Waals surface area contributed by atoms with Crippen LogP contribution >= 0.6 is 0 Å². The molecule has 2 N–H and O–H groups in total. The molecule has 0 aromatic carbocycles. The van der Waals surface area contributed by atoms with Crippen LogP contribution in [-0.4, -0.2) is 40.3 Å². The molecular weight excluding hydrogens is 571 g/mol. The van der Waals surface area contributed by atoms with E-state index in [-0.39, 0.29) is 31.9 Å². The molecule has 0 aliphatic heterocycles. The Morgan fingerprint density at radius 2 is 0.871 bits per heavy atom. The summed E-state index contributed by atoms with van der Waals surface area (Å²) < 4.78 is 0. The van der Waals surface area contributed by atoms with Gasteiger partial charge in [0.15, 0.2) is 11.6 Å². The van der Waals surface area contributed by atoms with E-state index >= 15 is 0 Å². The van der Waals surface area contributed by atoms with Crippen molar-refractivity contribution in [3.05, 3.63) is 72.8 Å². The molecule has 31 heavy (non-hydrogen) atoms. The van der Waals surface area contributed by atoms with Gasteiger partial charge in [0, 0.05) is 80.5 Å². The maximum atomic E-state index is 4.01. The summed E-state index contributed by atoms with van der Waals surface area (Å²) in [6, 6.07) is 7.51. The molecule has 168 valence electrons. The van der Waals surface area contributed by atoms with E-state index in [2.05, 4.69) is 81.9 Å². The van der Waals surface area contributed by atoms with E-state index in [4.69, 9.17) is 0 Å². The van der Waals surface area contributed by atoms with Gasteiger partial charge in [0.1, 0.15) is 0 Å². The Labute approximate surface area is 198 Å². The van der Waals surface area contributed by atoms with Gasteiger partial charge in [-0.25, -0.2) is 19.9 Å². The Bertz CT molecular complexity index is 861. The predicted molar refractivity (Wildman–Crippen MR) is 118 cm³/mol. The molecule has 0 fully saturated rings. The Kier molecular flexibility index (Phi) is 10.4. The number of aromatic nitrogens is 8. The second kappa shape index (κ2) is 12.2. The average molecular weight is 602 g/mol. The summed E-state index contributed by atoms with van der Waals surface area (Å²) in [6.07, 6.45) is 10.2. The van der Waals surface area contributed by atoms with Crippen molar-refractivity contribution in [2.45, 2.75) is 52.4 Å². The van der Waals surface area contributed by atoms with Gasteiger partial charge in [-0.1, -0.05) is 41.5 Å². The zero-order valence-corrected chi connectivity index (χ0v) is 21.0. The molecule has 4 aromatic rings. The van der Waals surface area contributed by atoms with Crippen LogP contribution in [0.1, 0.15) is 52.9 Å². The summed E-state index contributed by atoms with van der Waals surface area (Å²) >= 11 is 0. The number of aromatic amines is 2. The summed E-state index contributed by atoms with van der Waals surface area (Å²) in [7, 11) is 0. The minimum Gasteiger partial charge on any atom is -0.282 e. The first-order valence-electron chi connectivity index (χ1n) is 9.72. The van der Waals surface area contributed by atoms with Crippen molar-refractivity contribution in [1.82, 2.24) is 40.3 Å². The van der Waals surface area contributed by atoms with E-state index in [0.29, 0.717) is 11.6 Å². The molecule has 0 aliphatic rings. The summed E-state index contributed by atoms with van der Waals surface area (Å²) in [5.74, 6) is 1.11. The molecule has 9 heteroatoms. The Morgan fingerprint density at radius 3 is 1.06 bits per heavy atom. The summed E-state index contributed by atoms with van der Waals surface area (Å²) in [4.78, 5) is 16.1. The van der Waals surface area contributed by atoms with Crippen LogP contribution in [-0.2, 0) is 31.9 Å². The van der Waals surface area contributed by atoms with E-state index in [1.54, 1.807) is 49.3 Å². The largest absolute Gasteiger partial charge is 0.282 e. The van der Waals surface area contributed by atoms with Gasteiger partial charge in [0.25, 0.3) is 0 Å². The van der Waals surface area contributed by atoms with Gasteiger partial charge in [-0.3, -0.25) is 10.2 Å². The number of rotatable bonds is 1. The van der Waals surface area contributed by atoms with Gasteiger partial charge < -0.3 is 0 Å². The van der Waals surface area contributed by atoms with Gasteiger partial charge in [0.2, 0.25) is 0 Å². The van der Waals surface area contributed by atoms with Crippen molar-refractivity contribution in [2.75, 3.05) is 0 Å². The molecule has 0 spiro atoms. The number of hydrogen-bond donors (Lipinski definition) is 2. The number of nitrogens with one attached hydrogen (secondary N) is 2. The maximum Gasteiger partial charge on any atom is 0.197 e. The first-order valence-corrected chi connectivity index (χ1v) is 9.72. The van der Waals surface area contributed by atoms with Crippen LogP contribution in [0.3, 0.4) is 0 Å². The van der Waals surface area contributed by atoms with Gasteiger partial charge in [-0.15, -0.1) is 0 Å². The van der Waals surface area contributed by atoms with Crippen LogP contribution in [0, 0.1) is 0 Å². The molecule has 0 saturated carbocycles. The molecule has 4 rings (SSSR count). The first-order chi connectivity index (χ1) is 14.2. The monoisotopic (exact) mass is 601 g/mol. The maximum absolute atomic E-state index is 4.01. The average Bonchev–Trinajstić information content (AvgIpc) is 3.44. The molecule has 0 radical (unpaired) electrons. The van der Waals surface area contributed by atoms with E-state index in [0.717, 1.165) is 0 Å². The van der Waals surface area contributed by atoms with Crippen LogP contribution in [0.25, 0.3) is 11.6 Å². The number of H-pyrrole nitrogens is 2. The fourth-order valence-electron chi connectivity index (χ4n) is 2.18. The van der Waals surface area contributed by atoms with Gasteiger partial charge in [0.05, 0.1) is 0 Å².